The van der Waals surface area contributed by atoms with E-state index in [0.29, 0.717) is 25.3 Å². The first-order valence-electron chi connectivity index (χ1n) is 6.83. The molecule has 0 bridgehead atoms. The van der Waals surface area contributed by atoms with Gasteiger partial charge in [0, 0.05) is 18.7 Å². The quantitative estimate of drug-likeness (QED) is 0.751. The van der Waals surface area contributed by atoms with Crippen molar-refractivity contribution >= 4 is 0 Å². The molecule has 110 valence electrons. The fourth-order valence-corrected chi connectivity index (χ4v) is 2.25. The molecule has 0 radical (unpaired) electrons. The number of aromatic hydroxyl groups is 2. The van der Waals surface area contributed by atoms with Gasteiger partial charge < -0.3 is 25.0 Å². The lowest BCUT2D eigenvalue weighted by molar-refractivity contribution is 0.0902. The Balaban J connectivity index is 1.54. The molecule has 5 heteroatoms. The molecular formula is C16H17NO4. The third-order valence-electron chi connectivity index (χ3n) is 3.35. The second kappa shape index (κ2) is 5.93. The molecule has 1 aliphatic rings. The van der Waals surface area contributed by atoms with Crippen LogP contribution < -0.4 is 14.8 Å². The summed E-state index contributed by atoms with van der Waals surface area (Å²) < 4.78 is 11.5. The van der Waals surface area contributed by atoms with E-state index in [0.717, 1.165) is 11.5 Å². The Morgan fingerprint density at radius 1 is 1.05 bits per heavy atom. The van der Waals surface area contributed by atoms with Gasteiger partial charge in [-0.3, -0.25) is 0 Å². The maximum absolute atomic E-state index is 9.72. The number of benzene rings is 2. The van der Waals surface area contributed by atoms with Gasteiger partial charge in [0.2, 0.25) is 0 Å². The largest absolute Gasteiger partial charge is 0.504 e. The molecular weight excluding hydrogens is 270 g/mol. The molecule has 0 saturated carbocycles. The van der Waals surface area contributed by atoms with Crippen LogP contribution in [-0.4, -0.2) is 29.5 Å². The Morgan fingerprint density at radius 2 is 1.86 bits per heavy atom. The molecule has 0 amide bonds. The van der Waals surface area contributed by atoms with Crippen molar-refractivity contribution in [3.63, 3.8) is 0 Å². The first-order valence-corrected chi connectivity index (χ1v) is 6.83. The van der Waals surface area contributed by atoms with Crippen molar-refractivity contribution in [2.45, 2.75) is 12.6 Å². The normalized spacial score (nSPS) is 16.7. The second-order valence-electron chi connectivity index (χ2n) is 4.91. The summed E-state index contributed by atoms with van der Waals surface area (Å²) in [7, 11) is 0. The molecule has 0 fully saturated rings. The lowest BCUT2D eigenvalue weighted by Crippen LogP contribution is -2.38. The highest BCUT2D eigenvalue weighted by Gasteiger charge is 2.20. The Labute approximate surface area is 122 Å². The van der Waals surface area contributed by atoms with Gasteiger partial charge in [-0.2, -0.15) is 0 Å². The highest BCUT2D eigenvalue weighted by atomic mass is 16.6. The van der Waals surface area contributed by atoms with E-state index in [1.807, 2.05) is 24.3 Å². The summed E-state index contributed by atoms with van der Waals surface area (Å²) >= 11 is 0. The summed E-state index contributed by atoms with van der Waals surface area (Å²) in [6, 6.07) is 12.5. The van der Waals surface area contributed by atoms with Gasteiger partial charge in [-0.25, -0.2) is 0 Å². The average Bonchev–Trinajstić information content (AvgIpc) is 2.51. The van der Waals surface area contributed by atoms with Gasteiger partial charge in [-0.15, -0.1) is 0 Å². The Morgan fingerprint density at radius 3 is 2.71 bits per heavy atom. The molecule has 1 atom stereocenters. The van der Waals surface area contributed by atoms with E-state index in [1.54, 1.807) is 12.1 Å². The first kappa shape index (κ1) is 13.6. The van der Waals surface area contributed by atoms with Crippen LogP contribution in [0.1, 0.15) is 5.56 Å². The third kappa shape index (κ3) is 3.03. The molecule has 0 spiro atoms. The highest BCUT2D eigenvalue weighted by molar-refractivity contribution is 5.44. The number of phenols is 2. The van der Waals surface area contributed by atoms with E-state index >= 15 is 0 Å². The maximum Gasteiger partial charge on any atom is 0.161 e. The lowest BCUT2D eigenvalue weighted by Gasteiger charge is -2.26. The minimum Gasteiger partial charge on any atom is -0.504 e. The van der Waals surface area contributed by atoms with Crippen molar-refractivity contribution < 1.29 is 19.7 Å². The summed E-state index contributed by atoms with van der Waals surface area (Å²) in [5, 5.41) is 22.3. The monoisotopic (exact) mass is 287 g/mol. The number of nitrogens with one attached hydrogen (secondary N) is 1. The van der Waals surface area contributed by atoms with Crippen LogP contribution in [0.25, 0.3) is 0 Å². The van der Waals surface area contributed by atoms with Crippen LogP contribution in [0, 0.1) is 0 Å². The molecule has 21 heavy (non-hydrogen) atoms. The highest BCUT2D eigenvalue weighted by Crippen LogP contribution is 2.31. The number of hydrogen-bond acceptors (Lipinski definition) is 5. The van der Waals surface area contributed by atoms with E-state index in [4.69, 9.17) is 9.47 Å². The van der Waals surface area contributed by atoms with Crippen LogP contribution in [0.4, 0.5) is 0 Å². The number of para-hydroxylation sites is 3. The van der Waals surface area contributed by atoms with Gasteiger partial charge in [-0.05, 0) is 18.2 Å². The summed E-state index contributed by atoms with van der Waals surface area (Å²) in [6.45, 7) is 1.52. The van der Waals surface area contributed by atoms with Gasteiger partial charge in [0.05, 0.1) is 0 Å². The van der Waals surface area contributed by atoms with Crippen LogP contribution in [0.15, 0.2) is 42.5 Å². The SMILES string of the molecule is Oc1cccc(CNCC2COc3ccccc3O2)c1O. The Kier molecular flexibility index (Phi) is 3.83. The van der Waals surface area contributed by atoms with E-state index in [1.165, 1.54) is 6.07 Å². The molecule has 5 nitrogen and oxygen atoms in total. The van der Waals surface area contributed by atoms with Crippen molar-refractivity contribution in [1.82, 2.24) is 5.32 Å². The minimum atomic E-state index is -0.111. The summed E-state index contributed by atoms with van der Waals surface area (Å²) in [4.78, 5) is 0. The number of rotatable bonds is 4. The summed E-state index contributed by atoms with van der Waals surface area (Å²) in [5.74, 6) is 1.31. The van der Waals surface area contributed by atoms with Crippen LogP contribution >= 0.6 is 0 Å². The van der Waals surface area contributed by atoms with Gasteiger partial charge in [0.25, 0.3) is 0 Å². The number of fused-ring (bicyclic) bond motifs is 1. The zero-order chi connectivity index (χ0) is 14.7. The fourth-order valence-electron chi connectivity index (χ4n) is 2.25. The molecule has 1 unspecified atom stereocenters. The maximum atomic E-state index is 9.72. The summed E-state index contributed by atoms with van der Waals surface area (Å²) in [5.41, 5.74) is 0.645. The van der Waals surface area contributed by atoms with E-state index < -0.39 is 0 Å². The topological polar surface area (TPSA) is 71.0 Å². The van der Waals surface area contributed by atoms with E-state index in [-0.39, 0.29) is 17.6 Å². The van der Waals surface area contributed by atoms with Gasteiger partial charge in [0.1, 0.15) is 12.7 Å². The fraction of sp³-hybridized carbons (Fsp3) is 0.250. The average molecular weight is 287 g/mol. The van der Waals surface area contributed by atoms with Gasteiger partial charge in [-0.1, -0.05) is 24.3 Å². The molecule has 0 aromatic heterocycles. The Bertz CT molecular complexity index is 629. The van der Waals surface area contributed by atoms with E-state index in [2.05, 4.69) is 5.32 Å². The molecule has 2 aromatic carbocycles. The smallest absolute Gasteiger partial charge is 0.161 e. The molecule has 2 aromatic rings. The molecule has 0 aliphatic carbocycles. The predicted molar refractivity (Wildman–Crippen MR) is 77.8 cm³/mol. The molecule has 1 heterocycles. The van der Waals surface area contributed by atoms with Crippen molar-refractivity contribution in [2.75, 3.05) is 13.2 Å². The number of ether oxygens (including phenoxy) is 2. The third-order valence-corrected chi connectivity index (χ3v) is 3.35. The van der Waals surface area contributed by atoms with Crippen LogP contribution in [0.5, 0.6) is 23.0 Å². The molecule has 3 rings (SSSR count). The van der Waals surface area contributed by atoms with Crippen molar-refractivity contribution in [1.29, 1.82) is 0 Å². The van der Waals surface area contributed by atoms with Gasteiger partial charge >= 0.3 is 0 Å². The zero-order valence-corrected chi connectivity index (χ0v) is 11.5. The van der Waals surface area contributed by atoms with Gasteiger partial charge in [0.15, 0.2) is 23.0 Å². The second-order valence-corrected chi connectivity index (χ2v) is 4.91. The molecule has 0 saturated heterocycles. The number of hydrogen-bond donors (Lipinski definition) is 3. The van der Waals surface area contributed by atoms with Crippen molar-refractivity contribution in [3.05, 3.63) is 48.0 Å². The minimum absolute atomic E-state index is 0.0839. The van der Waals surface area contributed by atoms with Crippen LogP contribution in [-0.2, 0) is 6.54 Å². The number of phenolic OH excluding ortho intramolecular Hbond substituents is 2. The van der Waals surface area contributed by atoms with Crippen molar-refractivity contribution in [3.8, 4) is 23.0 Å². The first-order chi connectivity index (χ1) is 10.2. The lowest BCUT2D eigenvalue weighted by atomic mass is 10.2. The standard InChI is InChI=1S/C16H17NO4/c18-13-5-3-4-11(16(13)19)8-17-9-12-10-20-14-6-1-2-7-15(14)21-12/h1-7,12,17-19H,8-10H2. The Hall–Kier alpha value is -2.40. The van der Waals surface area contributed by atoms with E-state index in [9.17, 15) is 10.2 Å². The van der Waals surface area contributed by atoms with Crippen LogP contribution in [0.3, 0.4) is 0 Å². The molecule has 3 N–H and O–H groups in total. The van der Waals surface area contributed by atoms with Crippen molar-refractivity contribution in [2.24, 2.45) is 0 Å². The van der Waals surface area contributed by atoms with Crippen LogP contribution in [0.2, 0.25) is 0 Å². The molecule has 1 aliphatic heterocycles. The predicted octanol–water partition coefficient (Wildman–Crippen LogP) is 2.03. The zero-order valence-electron chi connectivity index (χ0n) is 11.5. The summed E-state index contributed by atoms with van der Waals surface area (Å²) in [6.07, 6.45) is -0.0839.